The SMILES string of the molecule is CC/C=C/CC/C=C/C/C=C/CC/C=C/CC/C=C/CCCO. The lowest BCUT2D eigenvalue weighted by molar-refractivity contribution is 0.289. The molecule has 1 N–H and O–H groups in total. The Kier molecular flexibility index (Phi) is 19.5. The van der Waals surface area contributed by atoms with E-state index in [1.165, 1.54) is 0 Å². The van der Waals surface area contributed by atoms with Gasteiger partial charge in [-0.05, 0) is 64.2 Å². The maximum absolute atomic E-state index is 8.65. The van der Waals surface area contributed by atoms with Gasteiger partial charge in [-0.1, -0.05) is 67.7 Å². The lowest BCUT2D eigenvalue weighted by atomic mass is 10.2. The van der Waals surface area contributed by atoms with Crippen LogP contribution in [0.4, 0.5) is 0 Å². The quantitative estimate of drug-likeness (QED) is 0.264. The monoisotopic (exact) mass is 316 g/mol. The van der Waals surface area contributed by atoms with Crippen LogP contribution in [0, 0.1) is 0 Å². The zero-order valence-corrected chi connectivity index (χ0v) is 15.0. The van der Waals surface area contributed by atoms with Gasteiger partial charge in [0, 0.05) is 6.61 Å². The van der Waals surface area contributed by atoms with Crippen LogP contribution in [0.3, 0.4) is 0 Å². The highest BCUT2D eigenvalue weighted by Gasteiger charge is 1.81. The summed E-state index contributed by atoms with van der Waals surface area (Å²) in [6.07, 6.45) is 33.4. The molecule has 0 aliphatic heterocycles. The van der Waals surface area contributed by atoms with Gasteiger partial charge in [0.1, 0.15) is 0 Å². The molecule has 0 aliphatic carbocycles. The fourth-order valence-electron chi connectivity index (χ4n) is 2.05. The summed E-state index contributed by atoms with van der Waals surface area (Å²) < 4.78 is 0. The Balaban J connectivity index is 3.36. The second-order valence-corrected chi connectivity index (χ2v) is 5.60. The highest BCUT2D eigenvalue weighted by Crippen LogP contribution is 2.00. The number of hydrogen-bond donors (Lipinski definition) is 1. The molecule has 0 fully saturated rings. The molecule has 130 valence electrons. The maximum Gasteiger partial charge on any atom is 0.0433 e. The predicted molar refractivity (Wildman–Crippen MR) is 105 cm³/mol. The Morgan fingerprint density at radius 1 is 0.522 bits per heavy atom. The van der Waals surface area contributed by atoms with Crippen molar-refractivity contribution in [2.24, 2.45) is 0 Å². The van der Waals surface area contributed by atoms with Gasteiger partial charge in [-0.15, -0.1) is 0 Å². The first-order chi connectivity index (χ1) is 11.4. The summed E-state index contributed by atoms with van der Waals surface area (Å²) in [4.78, 5) is 0. The number of hydrogen-bond acceptors (Lipinski definition) is 1. The fourth-order valence-corrected chi connectivity index (χ4v) is 2.05. The summed E-state index contributed by atoms with van der Waals surface area (Å²) in [6.45, 7) is 2.47. The molecule has 0 aromatic rings. The standard InChI is InChI=1S/C22H36O/c1-2-3-4-5-6-7-8-9-10-11-12-13-14-15-16-17-18-19-20-21-22-23/h3-4,7-8,10-11,14-15,18-19,23H,2,5-6,9,12-13,16-17,20-22H2,1H3/b4-3+,8-7+,11-10+,15-14+,19-18+. The van der Waals surface area contributed by atoms with Crippen molar-refractivity contribution in [3.63, 3.8) is 0 Å². The summed E-state index contributed by atoms with van der Waals surface area (Å²) in [5, 5.41) is 8.65. The second-order valence-electron chi connectivity index (χ2n) is 5.60. The largest absolute Gasteiger partial charge is 0.396 e. The molecule has 0 bridgehead atoms. The van der Waals surface area contributed by atoms with Crippen LogP contribution in [0.5, 0.6) is 0 Å². The maximum atomic E-state index is 8.65. The number of unbranched alkanes of at least 4 members (excludes halogenated alkanes) is 4. The average Bonchev–Trinajstić information content (AvgIpc) is 2.57. The van der Waals surface area contributed by atoms with Crippen molar-refractivity contribution in [2.75, 3.05) is 6.61 Å². The number of allylic oxidation sites excluding steroid dienone is 10. The third kappa shape index (κ3) is 20.7. The summed E-state index contributed by atoms with van der Waals surface area (Å²) in [6, 6.07) is 0. The van der Waals surface area contributed by atoms with Crippen LogP contribution in [0.25, 0.3) is 0 Å². The lowest BCUT2D eigenvalue weighted by Crippen LogP contribution is -1.78. The van der Waals surface area contributed by atoms with E-state index in [4.69, 9.17) is 5.11 Å². The number of aliphatic hydroxyl groups excluding tert-OH is 1. The van der Waals surface area contributed by atoms with E-state index in [1.807, 2.05) is 0 Å². The van der Waals surface area contributed by atoms with Crippen molar-refractivity contribution < 1.29 is 5.11 Å². The molecule has 23 heavy (non-hydrogen) atoms. The molecule has 0 atom stereocenters. The molecule has 0 heterocycles. The van der Waals surface area contributed by atoms with Crippen molar-refractivity contribution in [1.82, 2.24) is 0 Å². The van der Waals surface area contributed by atoms with Gasteiger partial charge in [0.25, 0.3) is 0 Å². The third-order valence-corrected chi connectivity index (χ3v) is 3.37. The van der Waals surface area contributed by atoms with Gasteiger partial charge in [-0.2, -0.15) is 0 Å². The Bertz CT molecular complexity index is 358. The van der Waals surface area contributed by atoms with Gasteiger partial charge < -0.3 is 5.11 Å². The normalized spacial score (nSPS) is 13.0. The molecule has 0 rings (SSSR count). The molecule has 1 heteroatoms. The molecule has 0 unspecified atom stereocenters. The highest BCUT2D eigenvalue weighted by molar-refractivity contribution is 4.95. The van der Waals surface area contributed by atoms with Crippen molar-refractivity contribution in [2.45, 2.75) is 71.1 Å². The summed E-state index contributed by atoms with van der Waals surface area (Å²) >= 11 is 0. The van der Waals surface area contributed by atoms with Gasteiger partial charge in [-0.3, -0.25) is 0 Å². The lowest BCUT2D eigenvalue weighted by Gasteiger charge is -1.90. The van der Waals surface area contributed by atoms with Crippen molar-refractivity contribution in [3.05, 3.63) is 60.8 Å². The minimum atomic E-state index is 0.295. The zero-order chi connectivity index (χ0) is 16.8. The topological polar surface area (TPSA) is 20.2 Å². The van der Waals surface area contributed by atoms with Gasteiger partial charge in [0.05, 0.1) is 0 Å². The summed E-state index contributed by atoms with van der Waals surface area (Å²) in [7, 11) is 0. The smallest absolute Gasteiger partial charge is 0.0433 e. The van der Waals surface area contributed by atoms with Crippen molar-refractivity contribution >= 4 is 0 Å². The van der Waals surface area contributed by atoms with E-state index in [-0.39, 0.29) is 0 Å². The Hall–Kier alpha value is -1.34. The van der Waals surface area contributed by atoms with E-state index in [0.717, 1.165) is 64.2 Å². The van der Waals surface area contributed by atoms with E-state index in [2.05, 4.69) is 67.7 Å². The molecule has 0 radical (unpaired) electrons. The first kappa shape index (κ1) is 21.7. The van der Waals surface area contributed by atoms with E-state index >= 15 is 0 Å². The minimum absolute atomic E-state index is 0.295. The van der Waals surface area contributed by atoms with E-state index in [1.54, 1.807) is 0 Å². The van der Waals surface area contributed by atoms with Gasteiger partial charge in [0.2, 0.25) is 0 Å². The molecular weight excluding hydrogens is 280 g/mol. The van der Waals surface area contributed by atoms with Gasteiger partial charge in [-0.25, -0.2) is 0 Å². The van der Waals surface area contributed by atoms with Crippen molar-refractivity contribution in [1.29, 1.82) is 0 Å². The molecule has 0 saturated carbocycles. The highest BCUT2D eigenvalue weighted by atomic mass is 16.2. The van der Waals surface area contributed by atoms with E-state index in [0.29, 0.717) is 6.61 Å². The Morgan fingerprint density at radius 3 is 1.35 bits per heavy atom. The first-order valence-electron chi connectivity index (χ1n) is 9.27. The van der Waals surface area contributed by atoms with E-state index < -0.39 is 0 Å². The zero-order valence-electron chi connectivity index (χ0n) is 15.0. The molecule has 0 amide bonds. The van der Waals surface area contributed by atoms with Gasteiger partial charge >= 0.3 is 0 Å². The van der Waals surface area contributed by atoms with Gasteiger partial charge in [0.15, 0.2) is 0 Å². The van der Waals surface area contributed by atoms with Crippen LogP contribution >= 0.6 is 0 Å². The molecule has 0 saturated heterocycles. The molecule has 0 spiro atoms. The van der Waals surface area contributed by atoms with Crippen LogP contribution in [-0.4, -0.2) is 11.7 Å². The molecule has 0 aliphatic rings. The summed E-state index contributed by atoms with van der Waals surface area (Å²) in [5.41, 5.74) is 0. The second kappa shape index (κ2) is 20.7. The van der Waals surface area contributed by atoms with Crippen molar-refractivity contribution in [3.8, 4) is 0 Å². The van der Waals surface area contributed by atoms with Crippen LogP contribution in [0.2, 0.25) is 0 Å². The third-order valence-electron chi connectivity index (χ3n) is 3.37. The van der Waals surface area contributed by atoms with E-state index in [9.17, 15) is 0 Å². The fraction of sp³-hybridized carbons (Fsp3) is 0.545. The Morgan fingerprint density at radius 2 is 0.913 bits per heavy atom. The molecule has 0 aromatic carbocycles. The van der Waals surface area contributed by atoms with Crippen LogP contribution in [-0.2, 0) is 0 Å². The Labute approximate surface area is 144 Å². The molecule has 0 aromatic heterocycles. The first-order valence-corrected chi connectivity index (χ1v) is 9.27. The van der Waals surface area contributed by atoms with Crippen LogP contribution < -0.4 is 0 Å². The van der Waals surface area contributed by atoms with Crippen LogP contribution in [0.15, 0.2) is 60.8 Å². The predicted octanol–water partition coefficient (Wildman–Crippen LogP) is 6.68. The molecular formula is C22H36O. The minimum Gasteiger partial charge on any atom is -0.396 e. The summed E-state index contributed by atoms with van der Waals surface area (Å²) in [5.74, 6) is 0. The average molecular weight is 317 g/mol. The number of aliphatic hydroxyl groups is 1. The van der Waals surface area contributed by atoms with Crippen LogP contribution in [0.1, 0.15) is 71.1 Å². The number of rotatable bonds is 15. The molecule has 1 nitrogen and oxygen atoms in total.